The van der Waals surface area contributed by atoms with Crippen molar-refractivity contribution >= 4 is 9.84 Å². The summed E-state index contributed by atoms with van der Waals surface area (Å²) in [6, 6.07) is 0. The average Bonchev–Trinajstić information content (AvgIpc) is 2.10. The van der Waals surface area contributed by atoms with E-state index < -0.39 is 9.84 Å². The Kier molecular flexibility index (Phi) is 2.86. The van der Waals surface area contributed by atoms with Gasteiger partial charge in [0.2, 0.25) is 0 Å². The third kappa shape index (κ3) is 2.76. The lowest BCUT2D eigenvalue weighted by atomic mass is 10.4. The largest absolute Gasteiger partial charge is 0.379 e. The first kappa shape index (κ1) is 8.96. The lowest BCUT2D eigenvalue weighted by Crippen LogP contribution is -2.33. The Hall–Kier alpha value is -0.130. The first-order valence-corrected chi connectivity index (χ1v) is 5.53. The number of nitrogens with one attached hydrogen (secondary N) is 1. The van der Waals surface area contributed by atoms with Gasteiger partial charge in [-0.1, -0.05) is 0 Å². The fourth-order valence-corrected chi connectivity index (χ4v) is 1.72. The summed E-state index contributed by atoms with van der Waals surface area (Å²) in [4.78, 5) is 0. The number of hydrogen-bond donors (Lipinski definition) is 1. The third-order valence-electron chi connectivity index (χ3n) is 1.70. The van der Waals surface area contributed by atoms with Crippen LogP contribution in [0, 0.1) is 0 Å². The number of hydrogen-bond acceptors (Lipinski definition) is 4. The Balaban J connectivity index is 2.57. The van der Waals surface area contributed by atoms with Gasteiger partial charge >= 0.3 is 0 Å². The SMILES string of the molecule is CS(=O)(=O)[C@H]1CNCCOC1. The first-order chi connectivity index (χ1) is 5.11. The number of rotatable bonds is 1. The Morgan fingerprint density at radius 3 is 2.91 bits per heavy atom. The van der Waals surface area contributed by atoms with E-state index in [0.717, 1.165) is 6.54 Å². The third-order valence-corrected chi connectivity index (χ3v) is 3.22. The van der Waals surface area contributed by atoms with E-state index in [-0.39, 0.29) is 5.25 Å². The molecule has 0 radical (unpaired) electrons. The second-order valence-electron chi connectivity index (χ2n) is 2.73. The van der Waals surface area contributed by atoms with Gasteiger partial charge in [0.15, 0.2) is 9.84 Å². The van der Waals surface area contributed by atoms with Gasteiger partial charge in [-0.25, -0.2) is 8.42 Å². The molecule has 0 aromatic heterocycles. The molecule has 1 rings (SSSR count). The van der Waals surface area contributed by atoms with E-state index >= 15 is 0 Å². The Morgan fingerprint density at radius 2 is 2.27 bits per heavy atom. The second kappa shape index (κ2) is 3.51. The molecule has 4 nitrogen and oxygen atoms in total. The predicted molar refractivity (Wildman–Crippen MR) is 42.3 cm³/mol. The van der Waals surface area contributed by atoms with Crippen molar-refractivity contribution in [1.29, 1.82) is 0 Å². The molecule has 0 spiro atoms. The minimum atomic E-state index is -2.94. The molecule has 11 heavy (non-hydrogen) atoms. The van der Waals surface area contributed by atoms with Gasteiger partial charge in [0.25, 0.3) is 0 Å². The molecular weight excluding hydrogens is 166 g/mol. The molecule has 0 amide bonds. The first-order valence-electron chi connectivity index (χ1n) is 3.58. The molecule has 1 heterocycles. The van der Waals surface area contributed by atoms with Gasteiger partial charge in [-0.05, 0) is 0 Å². The summed E-state index contributed by atoms with van der Waals surface area (Å²) in [6.07, 6.45) is 1.24. The zero-order valence-corrected chi connectivity index (χ0v) is 7.36. The summed E-state index contributed by atoms with van der Waals surface area (Å²) in [5.74, 6) is 0. The van der Waals surface area contributed by atoms with E-state index in [4.69, 9.17) is 4.74 Å². The zero-order chi connectivity index (χ0) is 8.32. The minimum Gasteiger partial charge on any atom is -0.379 e. The molecule has 1 aliphatic heterocycles. The van der Waals surface area contributed by atoms with Gasteiger partial charge in [-0.2, -0.15) is 0 Å². The lowest BCUT2D eigenvalue weighted by molar-refractivity contribution is 0.153. The van der Waals surface area contributed by atoms with E-state index in [9.17, 15) is 8.42 Å². The van der Waals surface area contributed by atoms with Crippen LogP contribution in [0.15, 0.2) is 0 Å². The predicted octanol–water partition coefficient (Wildman–Crippen LogP) is -0.981. The van der Waals surface area contributed by atoms with Crippen molar-refractivity contribution in [1.82, 2.24) is 5.32 Å². The van der Waals surface area contributed by atoms with Crippen molar-refractivity contribution in [3.63, 3.8) is 0 Å². The molecule has 0 bridgehead atoms. The van der Waals surface area contributed by atoms with Crippen molar-refractivity contribution in [2.24, 2.45) is 0 Å². The lowest BCUT2D eigenvalue weighted by Gasteiger charge is -2.10. The molecule has 0 aromatic carbocycles. The second-order valence-corrected chi connectivity index (χ2v) is 5.06. The normalized spacial score (nSPS) is 27.9. The van der Waals surface area contributed by atoms with E-state index in [2.05, 4.69) is 5.32 Å². The zero-order valence-electron chi connectivity index (χ0n) is 6.54. The van der Waals surface area contributed by atoms with E-state index in [1.807, 2.05) is 0 Å². The molecule has 66 valence electrons. The fourth-order valence-electron chi connectivity index (χ4n) is 0.956. The summed E-state index contributed by atoms with van der Waals surface area (Å²) < 4.78 is 27.1. The Bertz CT molecular complexity index is 204. The highest BCUT2D eigenvalue weighted by Gasteiger charge is 2.21. The van der Waals surface area contributed by atoms with Crippen LogP contribution in [0.5, 0.6) is 0 Å². The number of ether oxygens (including phenoxy) is 1. The molecular formula is C6H13NO3S. The van der Waals surface area contributed by atoms with E-state index in [1.54, 1.807) is 0 Å². The summed E-state index contributed by atoms with van der Waals surface area (Å²) >= 11 is 0. The molecule has 5 heteroatoms. The highest BCUT2D eigenvalue weighted by atomic mass is 32.2. The van der Waals surface area contributed by atoms with Crippen molar-refractivity contribution in [2.45, 2.75) is 5.25 Å². The van der Waals surface area contributed by atoms with Crippen LogP contribution in [-0.4, -0.2) is 46.2 Å². The maximum Gasteiger partial charge on any atom is 0.153 e. The van der Waals surface area contributed by atoms with Gasteiger partial charge in [0, 0.05) is 19.3 Å². The molecule has 0 aromatic rings. The molecule has 0 aliphatic carbocycles. The van der Waals surface area contributed by atoms with Crippen LogP contribution in [0.1, 0.15) is 0 Å². The van der Waals surface area contributed by atoms with Gasteiger partial charge < -0.3 is 10.1 Å². The fraction of sp³-hybridized carbons (Fsp3) is 1.00. The average molecular weight is 179 g/mol. The summed E-state index contributed by atoms with van der Waals surface area (Å²) in [6.45, 7) is 2.18. The van der Waals surface area contributed by atoms with Crippen LogP contribution in [0.3, 0.4) is 0 Å². The van der Waals surface area contributed by atoms with Crippen molar-refractivity contribution in [2.75, 3.05) is 32.6 Å². The van der Waals surface area contributed by atoms with E-state index in [1.165, 1.54) is 6.26 Å². The summed E-state index contributed by atoms with van der Waals surface area (Å²) in [5.41, 5.74) is 0. The standard InChI is InChI=1S/C6H13NO3S/c1-11(8,9)6-4-7-2-3-10-5-6/h6-7H,2-5H2,1H3/t6-/m0/s1. The molecule has 0 unspecified atom stereocenters. The number of sulfone groups is 1. The van der Waals surface area contributed by atoms with Crippen molar-refractivity contribution in [3.05, 3.63) is 0 Å². The van der Waals surface area contributed by atoms with Gasteiger partial charge in [0.05, 0.1) is 18.5 Å². The summed E-state index contributed by atoms with van der Waals surface area (Å²) in [7, 11) is -2.94. The van der Waals surface area contributed by atoms with Crippen LogP contribution >= 0.6 is 0 Å². The van der Waals surface area contributed by atoms with Gasteiger partial charge in [0.1, 0.15) is 0 Å². The Labute approximate surface area is 66.8 Å². The molecule has 1 saturated heterocycles. The molecule has 1 aliphatic rings. The van der Waals surface area contributed by atoms with Crippen LogP contribution in [0.2, 0.25) is 0 Å². The van der Waals surface area contributed by atoms with Crippen molar-refractivity contribution in [3.8, 4) is 0 Å². The minimum absolute atomic E-state index is 0.325. The maximum absolute atomic E-state index is 11.0. The molecule has 0 saturated carbocycles. The van der Waals surface area contributed by atoms with Crippen LogP contribution < -0.4 is 5.32 Å². The van der Waals surface area contributed by atoms with Gasteiger partial charge in [-0.15, -0.1) is 0 Å². The molecule has 1 atom stereocenters. The molecule has 1 N–H and O–H groups in total. The molecule has 1 fully saturated rings. The highest BCUT2D eigenvalue weighted by molar-refractivity contribution is 7.91. The topological polar surface area (TPSA) is 55.4 Å². The monoisotopic (exact) mass is 179 g/mol. The van der Waals surface area contributed by atoms with E-state index in [0.29, 0.717) is 19.8 Å². The Morgan fingerprint density at radius 1 is 1.55 bits per heavy atom. The summed E-state index contributed by atoms with van der Waals surface area (Å²) in [5, 5.41) is 2.63. The highest BCUT2D eigenvalue weighted by Crippen LogP contribution is 2.00. The van der Waals surface area contributed by atoms with Gasteiger partial charge in [-0.3, -0.25) is 0 Å². The maximum atomic E-state index is 11.0. The van der Waals surface area contributed by atoms with Crippen molar-refractivity contribution < 1.29 is 13.2 Å². The van der Waals surface area contributed by atoms with Crippen LogP contribution in [-0.2, 0) is 14.6 Å². The quantitative estimate of drug-likeness (QED) is 0.562. The smallest absolute Gasteiger partial charge is 0.153 e. The van der Waals surface area contributed by atoms with Crippen LogP contribution in [0.4, 0.5) is 0 Å². The van der Waals surface area contributed by atoms with Crippen LogP contribution in [0.25, 0.3) is 0 Å².